The molecule has 0 aromatic heterocycles. The minimum Gasteiger partial charge on any atom is -0.496 e. The monoisotopic (exact) mass is 711 g/mol. The summed E-state index contributed by atoms with van der Waals surface area (Å²) in [6.45, 7) is 0.344. The van der Waals surface area contributed by atoms with Crippen molar-refractivity contribution in [2.24, 2.45) is 0 Å². The van der Waals surface area contributed by atoms with Crippen LogP contribution in [0.2, 0.25) is 0 Å². The molecule has 7 nitrogen and oxygen atoms in total. The van der Waals surface area contributed by atoms with E-state index in [2.05, 4.69) is 53.1 Å². The van der Waals surface area contributed by atoms with E-state index in [1.165, 1.54) is 7.11 Å². The number of rotatable bonds is 12. The maximum atomic E-state index is 13.3. The smallest absolute Gasteiger partial charge is 0.340 e. The molecule has 3 aromatic carbocycles. The molecule has 202 valence electrons. The number of amides is 1. The van der Waals surface area contributed by atoms with Crippen molar-refractivity contribution < 1.29 is 28.5 Å². The number of carbonyl (C=O) groups excluding carboxylic acids is 2. The topological polar surface area (TPSA) is 83.1 Å². The quantitative estimate of drug-likeness (QED) is 0.226. The number of benzene rings is 3. The van der Waals surface area contributed by atoms with Crippen molar-refractivity contribution in [2.45, 2.75) is 25.0 Å². The molecule has 3 aromatic rings. The van der Waals surface area contributed by atoms with Gasteiger partial charge in [0.15, 0.2) is 12.2 Å². The van der Waals surface area contributed by atoms with Gasteiger partial charge >= 0.3 is 5.97 Å². The fraction of sp³-hybridized carbons (Fsp3) is 0.286. The lowest BCUT2D eigenvalue weighted by Crippen LogP contribution is -2.41. The first kappa shape index (κ1) is 30.1. The molecule has 0 radical (unpaired) electrons. The second-order valence-electron chi connectivity index (χ2n) is 8.26. The third-order valence-electron chi connectivity index (χ3n) is 5.72. The van der Waals surface area contributed by atoms with Crippen molar-refractivity contribution in [3.63, 3.8) is 0 Å². The fourth-order valence-electron chi connectivity index (χ4n) is 3.83. The molecule has 2 atom stereocenters. The minimum atomic E-state index is -1.07. The zero-order chi connectivity index (χ0) is 27.7. The van der Waals surface area contributed by atoms with E-state index in [-0.39, 0.29) is 6.42 Å². The summed E-state index contributed by atoms with van der Waals surface area (Å²) in [6.07, 6.45) is -1.29. The molecule has 0 aliphatic carbocycles. The molecule has 0 saturated carbocycles. The van der Waals surface area contributed by atoms with Gasteiger partial charge in [-0.1, -0.05) is 36.4 Å². The van der Waals surface area contributed by atoms with Gasteiger partial charge in [0.25, 0.3) is 5.91 Å². The van der Waals surface area contributed by atoms with Crippen LogP contribution in [0.15, 0.2) is 74.1 Å². The Bertz CT molecular complexity index is 1230. The van der Waals surface area contributed by atoms with Gasteiger partial charge in [0, 0.05) is 20.1 Å². The van der Waals surface area contributed by atoms with Crippen molar-refractivity contribution >= 4 is 59.7 Å². The molecule has 0 spiro atoms. The van der Waals surface area contributed by atoms with Crippen molar-refractivity contribution in [3.05, 3.63) is 90.8 Å². The summed E-state index contributed by atoms with van der Waals surface area (Å²) in [5.74, 6) is 0.308. The van der Waals surface area contributed by atoms with Gasteiger partial charge in [-0.25, -0.2) is 4.79 Å². The summed E-state index contributed by atoms with van der Waals surface area (Å²) in [4.78, 5) is 26.4. The lowest BCUT2D eigenvalue weighted by molar-refractivity contribution is -0.165. The van der Waals surface area contributed by atoms with Gasteiger partial charge in [0.1, 0.15) is 11.5 Å². The molecular weight excluding hydrogens is 686 g/mol. The number of ether oxygens (including phenoxy) is 4. The van der Waals surface area contributed by atoms with Gasteiger partial charge < -0.3 is 24.3 Å². The molecule has 0 unspecified atom stereocenters. The third kappa shape index (κ3) is 8.05. The fourth-order valence-corrected chi connectivity index (χ4v) is 6.03. The van der Waals surface area contributed by atoms with Crippen LogP contribution in [0, 0.1) is 0 Å². The average molecular weight is 714 g/mol. The van der Waals surface area contributed by atoms with E-state index in [1.807, 2.05) is 42.5 Å². The molecule has 10 heteroatoms. The average Bonchev–Trinajstić information content (AvgIpc) is 2.89. The van der Waals surface area contributed by atoms with Crippen molar-refractivity contribution in [1.82, 2.24) is 5.32 Å². The number of nitrogens with one attached hydrogen (secondary N) is 1. The van der Waals surface area contributed by atoms with Crippen molar-refractivity contribution in [2.75, 3.05) is 27.9 Å². The normalized spacial score (nSPS) is 12.4. The summed E-state index contributed by atoms with van der Waals surface area (Å²) < 4.78 is 24.1. The predicted molar refractivity (Wildman–Crippen MR) is 156 cm³/mol. The maximum absolute atomic E-state index is 13.3. The Labute approximate surface area is 247 Å². The molecule has 0 aliphatic rings. The second kappa shape index (κ2) is 14.7. The molecule has 3 rings (SSSR count). The van der Waals surface area contributed by atoms with E-state index >= 15 is 0 Å². The number of esters is 1. The van der Waals surface area contributed by atoms with E-state index < -0.39 is 24.1 Å². The molecule has 0 bridgehead atoms. The number of halogens is 3. The Balaban J connectivity index is 1.75. The zero-order valence-electron chi connectivity index (χ0n) is 21.1. The Kier molecular flexibility index (Phi) is 11.6. The van der Waals surface area contributed by atoms with Gasteiger partial charge in [-0.3, -0.25) is 4.79 Å². The second-order valence-corrected chi connectivity index (χ2v) is 10.8. The van der Waals surface area contributed by atoms with Crippen molar-refractivity contribution in [1.29, 1.82) is 0 Å². The Hall–Kier alpha value is -2.40. The SMILES string of the molecule is COc1ccc(C[C@H](OC(=O)[C@H](OC)c2ccccc2)C(=O)NCCc2cc(Br)c(OC)c(Br)c2)cc1Br. The minimum absolute atomic E-state index is 0.172. The lowest BCUT2D eigenvalue weighted by Gasteiger charge is -2.21. The Morgan fingerprint density at radius 2 is 1.50 bits per heavy atom. The molecular formula is C28H28Br3NO6. The van der Waals surface area contributed by atoms with Crippen LogP contribution in [0.1, 0.15) is 22.8 Å². The number of carbonyl (C=O) groups is 2. The van der Waals surface area contributed by atoms with Crippen LogP contribution in [-0.2, 0) is 31.9 Å². The third-order valence-corrected chi connectivity index (χ3v) is 7.51. The van der Waals surface area contributed by atoms with Crippen LogP contribution in [0.5, 0.6) is 11.5 Å². The van der Waals surface area contributed by atoms with Gasteiger partial charge in [-0.15, -0.1) is 0 Å². The largest absolute Gasteiger partial charge is 0.496 e. The molecule has 1 amide bonds. The van der Waals surface area contributed by atoms with Crippen LogP contribution in [-0.4, -0.2) is 45.9 Å². The van der Waals surface area contributed by atoms with E-state index in [4.69, 9.17) is 18.9 Å². The van der Waals surface area contributed by atoms with Crippen LogP contribution >= 0.6 is 47.8 Å². The summed E-state index contributed by atoms with van der Waals surface area (Å²) in [6, 6.07) is 18.3. The van der Waals surface area contributed by atoms with Gasteiger partial charge in [0.2, 0.25) is 0 Å². The summed E-state index contributed by atoms with van der Waals surface area (Å²) in [5, 5.41) is 2.90. The molecule has 1 N–H and O–H groups in total. The number of methoxy groups -OCH3 is 3. The van der Waals surface area contributed by atoms with Crippen LogP contribution < -0.4 is 14.8 Å². The van der Waals surface area contributed by atoms with Gasteiger partial charge in [0.05, 0.1) is 27.6 Å². The first-order valence-electron chi connectivity index (χ1n) is 11.7. The summed E-state index contributed by atoms with van der Waals surface area (Å²) >= 11 is 10.5. The molecule has 0 heterocycles. The molecule has 0 aliphatic heterocycles. The number of hydrogen-bond acceptors (Lipinski definition) is 6. The van der Waals surface area contributed by atoms with Crippen LogP contribution in [0.25, 0.3) is 0 Å². The molecule has 0 fully saturated rings. The Morgan fingerprint density at radius 1 is 0.842 bits per heavy atom. The highest BCUT2D eigenvalue weighted by Gasteiger charge is 2.29. The van der Waals surface area contributed by atoms with Crippen LogP contribution in [0.4, 0.5) is 0 Å². The lowest BCUT2D eigenvalue weighted by atomic mass is 10.1. The van der Waals surface area contributed by atoms with Gasteiger partial charge in [-0.05, 0) is 95.2 Å². The van der Waals surface area contributed by atoms with E-state index in [9.17, 15) is 9.59 Å². The first-order valence-corrected chi connectivity index (χ1v) is 14.1. The summed E-state index contributed by atoms with van der Waals surface area (Å²) in [7, 11) is 4.60. The zero-order valence-corrected chi connectivity index (χ0v) is 25.9. The Morgan fingerprint density at radius 3 is 2.08 bits per heavy atom. The molecule has 0 saturated heterocycles. The standard InChI is InChI=1S/C28H28Br3NO6/c1-35-23-10-9-17(13-20(23)29)16-24(38-28(34)25(36-2)19-7-5-4-6-8-19)27(33)32-12-11-18-14-21(30)26(37-3)22(31)15-18/h4-10,13-15,24-25H,11-12,16H2,1-3H3,(H,32,33)/t24-,25+/m0/s1. The van der Waals surface area contributed by atoms with Crippen LogP contribution in [0.3, 0.4) is 0 Å². The highest BCUT2D eigenvalue weighted by Crippen LogP contribution is 2.34. The van der Waals surface area contributed by atoms with E-state index in [0.717, 1.165) is 24.5 Å². The van der Waals surface area contributed by atoms with Gasteiger partial charge in [-0.2, -0.15) is 0 Å². The van der Waals surface area contributed by atoms with Crippen molar-refractivity contribution in [3.8, 4) is 11.5 Å². The van der Waals surface area contributed by atoms with E-state index in [1.54, 1.807) is 32.4 Å². The van der Waals surface area contributed by atoms with E-state index in [0.29, 0.717) is 30.0 Å². The first-order chi connectivity index (χ1) is 18.3. The number of hydrogen-bond donors (Lipinski definition) is 1. The molecule has 38 heavy (non-hydrogen) atoms. The highest BCUT2D eigenvalue weighted by atomic mass is 79.9. The maximum Gasteiger partial charge on any atom is 0.340 e. The predicted octanol–water partition coefficient (Wildman–Crippen LogP) is 6.19. The highest BCUT2D eigenvalue weighted by molar-refractivity contribution is 9.11. The summed E-state index contributed by atoms with van der Waals surface area (Å²) in [5.41, 5.74) is 2.42.